The molecule has 1 saturated carbocycles. The summed E-state index contributed by atoms with van der Waals surface area (Å²) in [6.45, 7) is 3.56. The summed E-state index contributed by atoms with van der Waals surface area (Å²) in [7, 11) is 0. The Balaban J connectivity index is 1.97. The zero-order valence-electron chi connectivity index (χ0n) is 8.71. The Hall–Kier alpha value is -0.440. The van der Waals surface area contributed by atoms with Crippen molar-refractivity contribution < 1.29 is 9.18 Å². The quantitative estimate of drug-likeness (QED) is 0.641. The average molecular weight is 199 g/mol. The maximum Gasteiger partial charge on any atom is 0.134 e. The van der Waals surface area contributed by atoms with E-state index in [0.717, 1.165) is 19.4 Å². The second kappa shape index (κ2) is 3.97. The van der Waals surface area contributed by atoms with Crippen LogP contribution in [0.4, 0.5) is 4.39 Å². The van der Waals surface area contributed by atoms with Gasteiger partial charge in [-0.3, -0.25) is 9.69 Å². The van der Waals surface area contributed by atoms with Gasteiger partial charge in [-0.1, -0.05) is 6.92 Å². The Morgan fingerprint density at radius 1 is 1.43 bits per heavy atom. The summed E-state index contributed by atoms with van der Waals surface area (Å²) in [5.41, 5.74) is 0. The Morgan fingerprint density at radius 3 is 2.86 bits per heavy atom. The monoisotopic (exact) mass is 199 g/mol. The Kier molecular flexibility index (Phi) is 2.86. The highest BCUT2D eigenvalue weighted by Gasteiger charge is 2.34. The molecule has 2 fully saturated rings. The molecule has 0 aromatic carbocycles. The first kappa shape index (κ1) is 10.1. The first-order chi connectivity index (χ1) is 6.66. The maximum atomic E-state index is 13.0. The first-order valence-corrected chi connectivity index (χ1v) is 5.56. The highest BCUT2D eigenvalue weighted by Crippen LogP contribution is 2.29. The highest BCUT2D eigenvalue weighted by molar-refractivity contribution is 5.79. The predicted octanol–water partition coefficient (Wildman–Crippen LogP) is 1.79. The molecule has 1 aliphatic heterocycles. The molecule has 2 rings (SSSR count). The van der Waals surface area contributed by atoms with Crippen molar-refractivity contribution in [1.29, 1.82) is 0 Å². The molecule has 0 amide bonds. The third-order valence-corrected chi connectivity index (χ3v) is 3.60. The van der Waals surface area contributed by atoms with Crippen LogP contribution < -0.4 is 0 Å². The van der Waals surface area contributed by atoms with E-state index >= 15 is 0 Å². The van der Waals surface area contributed by atoms with Crippen molar-refractivity contribution in [3.05, 3.63) is 0 Å². The lowest BCUT2D eigenvalue weighted by atomic mass is 9.84. The summed E-state index contributed by atoms with van der Waals surface area (Å²) in [4.78, 5) is 13.5. The van der Waals surface area contributed by atoms with Crippen LogP contribution in [-0.4, -0.2) is 36.0 Å². The number of halogens is 1. The number of hydrogen-bond acceptors (Lipinski definition) is 2. The minimum Gasteiger partial charge on any atom is -0.300 e. The van der Waals surface area contributed by atoms with Crippen LogP contribution >= 0.6 is 0 Å². The van der Waals surface area contributed by atoms with E-state index in [4.69, 9.17) is 0 Å². The van der Waals surface area contributed by atoms with Crippen LogP contribution in [0.5, 0.6) is 0 Å². The Morgan fingerprint density at radius 2 is 2.21 bits per heavy atom. The molecule has 0 aromatic heterocycles. The van der Waals surface area contributed by atoms with Gasteiger partial charge >= 0.3 is 0 Å². The van der Waals surface area contributed by atoms with Crippen LogP contribution in [-0.2, 0) is 4.79 Å². The van der Waals surface area contributed by atoms with Gasteiger partial charge in [-0.15, -0.1) is 0 Å². The maximum absolute atomic E-state index is 13.0. The van der Waals surface area contributed by atoms with E-state index in [9.17, 15) is 9.18 Å². The summed E-state index contributed by atoms with van der Waals surface area (Å²) in [6, 6.07) is 0.317. The van der Waals surface area contributed by atoms with Crippen LogP contribution in [0.1, 0.15) is 32.6 Å². The molecule has 0 aromatic rings. The Labute approximate surface area is 84.5 Å². The number of Topliss-reactive ketones (excluding diaryl/α,β-unsaturated/α-hetero) is 1. The van der Waals surface area contributed by atoms with Crippen LogP contribution in [0.3, 0.4) is 0 Å². The molecular weight excluding hydrogens is 181 g/mol. The molecule has 0 radical (unpaired) electrons. The zero-order valence-corrected chi connectivity index (χ0v) is 8.71. The van der Waals surface area contributed by atoms with Crippen molar-refractivity contribution in [2.45, 2.75) is 44.8 Å². The number of rotatable bonds is 1. The molecule has 1 aliphatic carbocycles. The molecule has 1 saturated heterocycles. The lowest BCUT2D eigenvalue weighted by molar-refractivity contribution is -0.123. The minimum atomic E-state index is -0.667. The molecule has 2 nitrogen and oxygen atoms in total. The van der Waals surface area contributed by atoms with Crippen LogP contribution in [0.2, 0.25) is 0 Å². The number of carbonyl (C=O) groups excluding carboxylic acids is 1. The summed E-state index contributed by atoms with van der Waals surface area (Å²) in [6.07, 6.45) is 2.34. The van der Waals surface area contributed by atoms with Gasteiger partial charge in [-0.05, 0) is 18.8 Å². The van der Waals surface area contributed by atoms with E-state index in [1.807, 2.05) is 0 Å². The predicted molar refractivity (Wildman–Crippen MR) is 52.9 cm³/mol. The zero-order chi connectivity index (χ0) is 10.1. The van der Waals surface area contributed by atoms with E-state index in [-0.39, 0.29) is 0 Å². The van der Waals surface area contributed by atoms with Gasteiger partial charge < -0.3 is 0 Å². The van der Waals surface area contributed by atoms with Gasteiger partial charge in [0.1, 0.15) is 12.0 Å². The van der Waals surface area contributed by atoms with Gasteiger partial charge in [0.2, 0.25) is 0 Å². The molecule has 14 heavy (non-hydrogen) atoms. The van der Waals surface area contributed by atoms with Crippen molar-refractivity contribution in [3.63, 3.8) is 0 Å². The standard InChI is InChI=1S/C11H18FNO/c1-8-2-3-10(14)6-11(8)13-5-4-9(12)7-13/h8-9,11H,2-7H2,1H3. The fraction of sp³-hybridized carbons (Fsp3) is 0.909. The summed E-state index contributed by atoms with van der Waals surface area (Å²) >= 11 is 0. The number of ketones is 1. The van der Waals surface area contributed by atoms with E-state index < -0.39 is 6.17 Å². The van der Waals surface area contributed by atoms with Gasteiger partial charge in [0.15, 0.2) is 0 Å². The van der Waals surface area contributed by atoms with E-state index in [0.29, 0.717) is 37.1 Å². The third-order valence-electron chi connectivity index (χ3n) is 3.60. The SMILES string of the molecule is CC1CCC(=O)CC1N1CCC(F)C1. The minimum absolute atomic E-state index is 0.317. The van der Waals surface area contributed by atoms with Crippen molar-refractivity contribution in [3.8, 4) is 0 Å². The average Bonchev–Trinajstić information content (AvgIpc) is 2.56. The fourth-order valence-electron chi connectivity index (χ4n) is 2.65. The summed E-state index contributed by atoms with van der Waals surface area (Å²) in [5, 5.41) is 0. The largest absolute Gasteiger partial charge is 0.300 e. The first-order valence-electron chi connectivity index (χ1n) is 5.56. The van der Waals surface area contributed by atoms with Gasteiger partial charge in [0.25, 0.3) is 0 Å². The molecular formula is C11H18FNO. The molecule has 80 valence electrons. The third kappa shape index (κ3) is 1.97. The van der Waals surface area contributed by atoms with E-state index in [2.05, 4.69) is 11.8 Å². The number of likely N-dealkylation sites (tertiary alicyclic amines) is 1. The lowest BCUT2D eigenvalue weighted by Gasteiger charge is -2.35. The second-order valence-corrected chi connectivity index (χ2v) is 4.71. The molecule has 0 bridgehead atoms. The number of hydrogen-bond donors (Lipinski definition) is 0. The van der Waals surface area contributed by atoms with E-state index in [1.54, 1.807) is 0 Å². The fourth-order valence-corrected chi connectivity index (χ4v) is 2.65. The molecule has 3 unspecified atom stereocenters. The normalized spacial score (nSPS) is 40.4. The smallest absolute Gasteiger partial charge is 0.134 e. The van der Waals surface area contributed by atoms with Crippen LogP contribution in [0.15, 0.2) is 0 Å². The number of carbonyl (C=O) groups is 1. The lowest BCUT2D eigenvalue weighted by Crippen LogP contribution is -2.42. The second-order valence-electron chi connectivity index (χ2n) is 4.71. The molecule has 3 atom stereocenters. The van der Waals surface area contributed by atoms with Crippen molar-refractivity contribution >= 4 is 5.78 Å². The van der Waals surface area contributed by atoms with Gasteiger partial charge in [-0.25, -0.2) is 4.39 Å². The summed E-state index contributed by atoms with van der Waals surface area (Å²) < 4.78 is 13.0. The van der Waals surface area contributed by atoms with Gasteiger partial charge in [-0.2, -0.15) is 0 Å². The van der Waals surface area contributed by atoms with Crippen LogP contribution in [0.25, 0.3) is 0 Å². The van der Waals surface area contributed by atoms with Crippen molar-refractivity contribution in [2.75, 3.05) is 13.1 Å². The topological polar surface area (TPSA) is 20.3 Å². The number of nitrogens with zero attached hydrogens (tertiary/aromatic N) is 1. The van der Waals surface area contributed by atoms with Crippen molar-refractivity contribution in [2.24, 2.45) is 5.92 Å². The Bertz CT molecular complexity index is 231. The highest BCUT2D eigenvalue weighted by atomic mass is 19.1. The molecule has 0 N–H and O–H groups in total. The van der Waals surface area contributed by atoms with Gasteiger partial charge in [0.05, 0.1) is 0 Å². The summed E-state index contributed by atoms with van der Waals surface area (Å²) in [5.74, 6) is 0.911. The number of alkyl halides is 1. The van der Waals surface area contributed by atoms with Gasteiger partial charge in [0, 0.05) is 32.0 Å². The van der Waals surface area contributed by atoms with Crippen molar-refractivity contribution in [1.82, 2.24) is 4.90 Å². The molecule has 2 aliphatic rings. The molecule has 0 spiro atoms. The van der Waals surface area contributed by atoms with E-state index in [1.165, 1.54) is 0 Å². The molecule has 1 heterocycles. The van der Waals surface area contributed by atoms with Crippen LogP contribution in [0, 0.1) is 5.92 Å². The molecule has 3 heteroatoms.